The fraction of sp³-hybridized carbons (Fsp3) is 0.786. The third-order valence-corrected chi connectivity index (χ3v) is 3.65. The predicted molar refractivity (Wildman–Crippen MR) is 88.0 cm³/mol. The molecule has 0 radical (unpaired) electrons. The first-order chi connectivity index (χ1) is 8.48. The molecule has 20 heavy (non-hydrogen) atoms. The minimum absolute atomic E-state index is 0. The van der Waals surface area contributed by atoms with E-state index in [0.29, 0.717) is 0 Å². The van der Waals surface area contributed by atoms with E-state index in [2.05, 4.69) is 56.8 Å². The molecule has 0 bridgehead atoms. The van der Waals surface area contributed by atoms with E-state index in [-0.39, 0.29) is 34.8 Å². The standard InChI is InChI=1S/C14H28N4S.HI/c1-10(13(3,4)5)15-17-12(19-9)18-16-11(2)14(6,7)8;/h1-9H3,(H,17,18);1H. The summed E-state index contributed by atoms with van der Waals surface area (Å²) in [4.78, 5) is 0. The molecular weight excluding hydrogens is 383 g/mol. The SMILES string of the molecule is CS/C(=N/N=C(C)C(C)(C)C)[NH2+]N=C(C)C(C)(C)C.[I-]. The number of rotatable bonds is 2. The van der Waals surface area contributed by atoms with Crippen molar-refractivity contribution in [3.8, 4) is 0 Å². The van der Waals surface area contributed by atoms with E-state index in [4.69, 9.17) is 0 Å². The Morgan fingerprint density at radius 3 is 1.65 bits per heavy atom. The second-order valence-electron chi connectivity index (χ2n) is 6.67. The van der Waals surface area contributed by atoms with E-state index in [1.54, 1.807) is 17.2 Å². The fourth-order valence-corrected chi connectivity index (χ4v) is 1.02. The number of thioether (sulfide) groups is 1. The second-order valence-corrected chi connectivity index (χ2v) is 7.50. The lowest BCUT2D eigenvalue weighted by molar-refractivity contribution is -0.540. The van der Waals surface area contributed by atoms with Crippen molar-refractivity contribution in [2.75, 3.05) is 6.26 Å². The summed E-state index contributed by atoms with van der Waals surface area (Å²) in [6.45, 7) is 16.9. The van der Waals surface area contributed by atoms with Crippen molar-refractivity contribution in [3.63, 3.8) is 0 Å². The molecule has 0 fully saturated rings. The van der Waals surface area contributed by atoms with E-state index in [0.717, 1.165) is 16.6 Å². The lowest BCUT2D eigenvalue weighted by atomic mass is 9.91. The van der Waals surface area contributed by atoms with Gasteiger partial charge in [0, 0.05) is 16.5 Å². The third kappa shape index (κ3) is 9.07. The van der Waals surface area contributed by atoms with Gasteiger partial charge in [0.2, 0.25) is 0 Å². The van der Waals surface area contributed by atoms with Gasteiger partial charge in [0.1, 0.15) is 0 Å². The number of quaternary nitrogens is 1. The highest BCUT2D eigenvalue weighted by Crippen LogP contribution is 2.16. The van der Waals surface area contributed by atoms with Crippen LogP contribution in [0.15, 0.2) is 15.3 Å². The number of nitrogens with two attached hydrogens (primary N) is 1. The topological polar surface area (TPSA) is 53.7 Å². The first kappa shape index (κ1) is 22.3. The Kier molecular flexibility index (Phi) is 10.2. The molecule has 0 saturated carbocycles. The maximum absolute atomic E-state index is 4.48. The monoisotopic (exact) mass is 412 g/mol. The number of amidine groups is 1. The normalized spacial score (nSPS) is 15.2. The number of nitrogens with zero attached hydrogens (tertiary/aromatic N) is 3. The van der Waals surface area contributed by atoms with E-state index in [1.807, 2.05) is 20.1 Å². The van der Waals surface area contributed by atoms with Crippen LogP contribution < -0.4 is 29.4 Å². The molecule has 0 spiro atoms. The molecule has 0 aliphatic heterocycles. The maximum Gasteiger partial charge on any atom is 0.305 e. The molecule has 0 saturated heterocycles. The summed E-state index contributed by atoms with van der Waals surface area (Å²) in [5.74, 6) is 0. The molecule has 118 valence electrons. The summed E-state index contributed by atoms with van der Waals surface area (Å²) in [6.07, 6.45) is 1.99. The quantitative estimate of drug-likeness (QED) is 0.226. The van der Waals surface area contributed by atoms with Crippen LogP contribution >= 0.6 is 11.8 Å². The van der Waals surface area contributed by atoms with Crippen LogP contribution in [0.5, 0.6) is 0 Å². The van der Waals surface area contributed by atoms with Crippen LogP contribution in [-0.4, -0.2) is 22.8 Å². The van der Waals surface area contributed by atoms with Crippen molar-refractivity contribution < 1.29 is 29.4 Å². The van der Waals surface area contributed by atoms with Gasteiger partial charge in [-0.25, -0.2) is 0 Å². The van der Waals surface area contributed by atoms with Gasteiger partial charge in [0.25, 0.3) is 0 Å². The minimum atomic E-state index is 0. The zero-order valence-electron chi connectivity index (χ0n) is 14.2. The third-order valence-electron chi connectivity index (χ3n) is 3.05. The van der Waals surface area contributed by atoms with Crippen molar-refractivity contribution in [1.82, 2.24) is 0 Å². The maximum atomic E-state index is 4.48. The minimum Gasteiger partial charge on any atom is -1.00 e. The van der Waals surface area contributed by atoms with Gasteiger partial charge in [-0.05, 0) is 31.9 Å². The smallest absolute Gasteiger partial charge is 0.305 e. The molecule has 2 N–H and O–H groups in total. The molecule has 6 heteroatoms. The van der Waals surface area contributed by atoms with E-state index in [1.165, 1.54) is 0 Å². The summed E-state index contributed by atoms with van der Waals surface area (Å²) in [5.41, 5.74) is 4.04. The lowest BCUT2D eigenvalue weighted by Crippen LogP contribution is -3.00. The average Bonchev–Trinajstić information content (AvgIpc) is 2.25. The van der Waals surface area contributed by atoms with Crippen molar-refractivity contribution in [2.24, 2.45) is 26.1 Å². The Balaban J connectivity index is 0. The molecule has 0 aromatic rings. The molecule has 0 aromatic heterocycles. The Morgan fingerprint density at radius 2 is 1.30 bits per heavy atom. The largest absolute Gasteiger partial charge is 1.00 e. The second kappa shape index (κ2) is 9.15. The summed E-state index contributed by atoms with van der Waals surface area (Å²) < 4.78 is 0. The van der Waals surface area contributed by atoms with Crippen LogP contribution in [0.25, 0.3) is 0 Å². The summed E-state index contributed by atoms with van der Waals surface area (Å²) in [7, 11) is 0. The van der Waals surface area contributed by atoms with Crippen LogP contribution in [0.3, 0.4) is 0 Å². The first-order valence-electron chi connectivity index (χ1n) is 6.53. The Labute approximate surface area is 145 Å². The lowest BCUT2D eigenvalue weighted by Gasteiger charge is -2.16. The van der Waals surface area contributed by atoms with Crippen LogP contribution in [0.2, 0.25) is 0 Å². The van der Waals surface area contributed by atoms with Gasteiger partial charge in [-0.1, -0.05) is 51.7 Å². The highest BCUT2D eigenvalue weighted by molar-refractivity contribution is 8.12. The van der Waals surface area contributed by atoms with Crippen LogP contribution in [0.4, 0.5) is 0 Å². The molecule has 0 atom stereocenters. The van der Waals surface area contributed by atoms with Gasteiger partial charge in [-0.3, -0.25) is 0 Å². The molecule has 0 unspecified atom stereocenters. The number of hydrogen-bond acceptors (Lipinski definition) is 4. The number of hydrogen-bond donors (Lipinski definition) is 1. The fourth-order valence-electron chi connectivity index (χ4n) is 0.739. The van der Waals surface area contributed by atoms with Gasteiger partial charge >= 0.3 is 5.17 Å². The molecule has 0 amide bonds. The summed E-state index contributed by atoms with van der Waals surface area (Å²) in [6, 6.07) is 0. The van der Waals surface area contributed by atoms with Crippen molar-refractivity contribution >= 4 is 28.4 Å². The summed E-state index contributed by atoms with van der Waals surface area (Å²) in [5, 5.41) is 13.9. The molecule has 4 nitrogen and oxygen atoms in total. The van der Waals surface area contributed by atoms with E-state index >= 15 is 0 Å². The van der Waals surface area contributed by atoms with E-state index < -0.39 is 0 Å². The zero-order chi connectivity index (χ0) is 15.3. The van der Waals surface area contributed by atoms with Crippen LogP contribution in [-0.2, 0) is 0 Å². The van der Waals surface area contributed by atoms with Gasteiger partial charge in [0.15, 0.2) is 0 Å². The van der Waals surface area contributed by atoms with Gasteiger partial charge < -0.3 is 24.0 Å². The molecule has 0 aliphatic rings. The molecule has 0 rings (SSSR count). The molecular formula is C14H29IN4S. The van der Waals surface area contributed by atoms with Crippen molar-refractivity contribution in [1.29, 1.82) is 0 Å². The highest BCUT2D eigenvalue weighted by Gasteiger charge is 2.17. The molecule has 0 aliphatic carbocycles. The Bertz CT molecular complexity index is 387. The van der Waals surface area contributed by atoms with E-state index in [9.17, 15) is 0 Å². The van der Waals surface area contributed by atoms with Gasteiger partial charge in [-0.15, -0.1) is 0 Å². The Morgan fingerprint density at radius 1 is 0.850 bits per heavy atom. The predicted octanol–water partition coefficient (Wildman–Crippen LogP) is 0.117. The average molecular weight is 412 g/mol. The number of halogens is 1. The zero-order valence-corrected chi connectivity index (χ0v) is 17.2. The van der Waals surface area contributed by atoms with Gasteiger partial charge in [-0.2, -0.15) is 10.5 Å². The molecule has 0 aromatic carbocycles. The Hall–Kier alpha value is 0.0500. The van der Waals surface area contributed by atoms with Crippen molar-refractivity contribution in [3.05, 3.63) is 0 Å². The highest BCUT2D eigenvalue weighted by atomic mass is 127. The van der Waals surface area contributed by atoms with Crippen molar-refractivity contribution in [2.45, 2.75) is 55.4 Å². The molecule has 0 heterocycles. The van der Waals surface area contributed by atoms with Gasteiger partial charge in [0.05, 0.1) is 5.71 Å². The van der Waals surface area contributed by atoms with Crippen LogP contribution in [0.1, 0.15) is 55.4 Å². The van der Waals surface area contributed by atoms with Crippen LogP contribution in [0, 0.1) is 10.8 Å². The first-order valence-corrected chi connectivity index (χ1v) is 7.75. The summed E-state index contributed by atoms with van der Waals surface area (Å²) >= 11 is 1.56.